The zero-order valence-corrected chi connectivity index (χ0v) is 12.0. The molecule has 1 aliphatic rings. The molecule has 1 heterocycles. The monoisotopic (exact) mass is 301 g/mol. The van der Waals surface area contributed by atoms with E-state index in [1.165, 1.54) is 19.2 Å². The Morgan fingerprint density at radius 1 is 1.35 bits per heavy atom. The molecule has 0 aliphatic carbocycles. The first-order valence-corrected chi connectivity index (χ1v) is 8.03. The van der Waals surface area contributed by atoms with E-state index in [9.17, 15) is 17.6 Å². The van der Waals surface area contributed by atoms with Crippen molar-refractivity contribution in [2.75, 3.05) is 38.2 Å². The van der Waals surface area contributed by atoms with E-state index in [-0.39, 0.29) is 35.1 Å². The van der Waals surface area contributed by atoms with Gasteiger partial charge in [-0.15, -0.1) is 0 Å². The van der Waals surface area contributed by atoms with Gasteiger partial charge in [-0.3, -0.25) is 9.69 Å². The van der Waals surface area contributed by atoms with Crippen LogP contribution in [0, 0.1) is 5.82 Å². The van der Waals surface area contributed by atoms with Gasteiger partial charge in [-0.25, -0.2) is 12.8 Å². The standard InChI is InChI=1S/C13H16FNO4S/c1-19-13-3-2-10(8-11(13)14)12(16)9-15-4-6-20(17,18)7-5-15/h2-3,8H,4-7,9H2,1H3. The number of Topliss-reactive ketones (excluding diaryl/α,β-unsaturated/α-hetero) is 1. The summed E-state index contributed by atoms with van der Waals surface area (Å²) in [5.74, 6) is -0.592. The van der Waals surface area contributed by atoms with Gasteiger partial charge in [-0.2, -0.15) is 0 Å². The van der Waals surface area contributed by atoms with Gasteiger partial charge in [0.1, 0.15) is 0 Å². The molecular formula is C13H16FNO4S. The lowest BCUT2D eigenvalue weighted by molar-refractivity contribution is 0.0935. The van der Waals surface area contributed by atoms with Gasteiger partial charge in [0.2, 0.25) is 0 Å². The second-order valence-electron chi connectivity index (χ2n) is 4.70. The van der Waals surface area contributed by atoms with Gasteiger partial charge in [0, 0.05) is 18.7 Å². The molecule has 0 spiro atoms. The second kappa shape index (κ2) is 5.88. The first kappa shape index (κ1) is 14.9. The number of hydrogen-bond donors (Lipinski definition) is 0. The zero-order chi connectivity index (χ0) is 14.8. The second-order valence-corrected chi connectivity index (χ2v) is 7.00. The van der Waals surface area contributed by atoms with Crippen molar-refractivity contribution >= 4 is 15.6 Å². The van der Waals surface area contributed by atoms with E-state index in [2.05, 4.69) is 0 Å². The van der Waals surface area contributed by atoms with Gasteiger partial charge < -0.3 is 4.74 Å². The minimum absolute atomic E-state index is 0.0667. The minimum Gasteiger partial charge on any atom is -0.494 e. The number of sulfone groups is 1. The molecule has 1 aliphatic heterocycles. The largest absolute Gasteiger partial charge is 0.494 e. The topological polar surface area (TPSA) is 63.7 Å². The average Bonchev–Trinajstić information content (AvgIpc) is 2.41. The van der Waals surface area contributed by atoms with E-state index in [1.807, 2.05) is 0 Å². The van der Waals surface area contributed by atoms with Crippen molar-refractivity contribution < 1.29 is 22.3 Å². The van der Waals surface area contributed by atoms with Gasteiger partial charge in [0.25, 0.3) is 0 Å². The molecule has 1 saturated heterocycles. The molecule has 0 saturated carbocycles. The van der Waals surface area contributed by atoms with Gasteiger partial charge in [-0.1, -0.05) is 0 Å². The third-order valence-electron chi connectivity index (χ3n) is 3.28. The Hall–Kier alpha value is -1.47. The molecule has 7 heteroatoms. The van der Waals surface area contributed by atoms with Crippen LogP contribution < -0.4 is 4.74 Å². The summed E-state index contributed by atoms with van der Waals surface area (Å²) in [6, 6.07) is 4.05. The molecule has 0 amide bonds. The number of carbonyl (C=O) groups is 1. The zero-order valence-electron chi connectivity index (χ0n) is 11.1. The van der Waals surface area contributed by atoms with Crippen molar-refractivity contribution in [3.8, 4) is 5.75 Å². The molecular weight excluding hydrogens is 285 g/mol. The Labute approximate surface area is 117 Å². The van der Waals surface area contributed by atoms with Crippen LogP contribution >= 0.6 is 0 Å². The van der Waals surface area contributed by atoms with Crippen LogP contribution in [0.3, 0.4) is 0 Å². The van der Waals surface area contributed by atoms with Crippen molar-refractivity contribution in [3.63, 3.8) is 0 Å². The molecule has 0 bridgehead atoms. The number of ether oxygens (including phenoxy) is 1. The van der Waals surface area contributed by atoms with Crippen molar-refractivity contribution in [1.82, 2.24) is 4.90 Å². The highest BCUT2D eigenvalue weighted by molar-refractivity contribution is 7.91. The third kappa shape index (κ3) is 3.55. The smallest absolute Gasteiger partial charge is 0.176 e. The van der Waals surface area contributed by atoms with Crippen LogP contribution in [0.15, 0.2) is 18.2 Å². The SMILES string of the molecule is COc1ccc(C(=O)CN2CCS(=O)(=O)CC2)cc1F. The highest BCUT2D eigenvalue weighted by Crippen LogP contribution is 2.18. The molecule has 110 valence electrons. The third-order valence-corrected chi connectivity index (χ3v) is 4.89. The molecule has 20 heavy (non-hydrogen) atoms. The number of nitrogens with zero attached hydrogens (tertiary/aromatic N) is 1. The van der Waals surface area contributed by atoms with Crippen molar-refractivity contribution in [2.45, 2.75) is 0 Å². The Balaban J connectivity index is 2.00. The molecule has 0 radical (unpaired) electrons. The highest BCUT2D eigenvalue weighted by Gasteiger charge is 2.23. The highest BCUT2D eigenvalue weighted by atomic mass is 32.2. The van der Waals surface area contributed by atoms with Crippen LogP contribution in [0.1, 0.15) is 10.4 Å². The fourth-order valence-corrected chi connectivity index (χ4v) is 3.32. The molecule has 1 fully saturated rings. The number of hydrogen-bond acceptors (Lipinski definition) is 5. The lowest BCUT2D eigenvalue weighted by Gasteiger charge is -2.25. The normalized spacial score (nSPS) is 18.7. The van der Waals surface area contributed by atoms with Crippen LogP contribution in [-0.2, 0) is 9.84 Å². The Morgan fingerprint density at radius 2 is 2.00 bits per heavy atom. The summed E-state index contributed by atoms with van der Waals surface area (Å²) >= 11 is 0. The summed E-state index contributed by atoms with van der Waals surface area (Å²) in [6.45, 7) is 0.778. The Morgan fingerprint density at radius 3 is 2.55 bits per heavy atom. The summed E-state index contributed by atoms with van der Waals surface area (Å²) < 4.78 is 40.9. The van der Waals surface area contributed by atoms with Crippen molar-refractivity contribution in [1.29, 1.82) is 0 Å². The van der Waals surface area contributed by atoms with Gasteiger partial charge >= 0.3 is 0 Å². The molecule has 5 nitrogen and oxygen atoms in total. The summed E-state index contributed by atoms with van der Waals surface area (Å²) in [5, 5.41) is 0. The quantitative estimate of drug-likeness (QED) is 0.768. The Bertz CT molecular complexity index is 601. The maximum absolute atomic E-state index is 13.5. The van der Waals surface area contributed by atoms with Crippen LogP contribution in [0.4, 0.5) is 4.39 Å². The summed E-state index contributed by atoms with van der Waals surface area (Å²) in [4.78, 5) is 13.8. The minimum atomic E-state index is -2.96. The van der Waals surface area contributed by atoms with E-state index in [0.717, 1.165) is 6.07 Å². The Kier molecular flexibility index (Phi) is 4.39. The van der Waals surface area contributed by atoms with Crippen molar-refractivity contribution in [3.05, 3.63) is 29.6 Å². The maximum atomic E-state index is 13.5. The molecule has 0 atom stereocenters. The summed E-state index contributed by atoms with van der Waals surface area (Å²) in [7, 11) is -1.61. The fourth-order valence-electron chi connectivity index (χ4n) is 2.04. The van der Waals surface area contributed by atoms with Gasteiger partial charge in [-0.05, 0) is 18.2 Å². The lowest BCUT2D eigenvalue weighted by atomic mass is 10.1. The molecule has 2 rings (SSSR count). The average molecular weight is 301 g/mol. The van der Waals surface area contributed by atoms with Crippen LogP contribution in [0.5, 0.6) is 5.75 Å². The fraction of sp³-hybridized carbons (Fsp3) is 0.462. The first-order valence-electron chi connectivity index (χ1n) is 6.21. The number of methoxy groups -OCH3 is 1. The van der Waals surface area contributed by atoms with Gasteiger partial charge in [0.15, 0.2) is 27.2 Å². The lowest BCUT2D eigenvalue weighted by Crippen LogP contribution is -2.42. The predicted molar refractivity (Wildman–Crippen MR) is 72.4 cm³/mol. The molecule has 0 N–H and O–H groups in total. The van der Waals surface area contributed by atoms with E-state index in [4.69, 9.17) is 4.74 Å². The van der Waals surface area contributed by atoms with E-state index in [0.29, 0.717) is 13.1 Å². The van der Waals surface area contributed by atoms with Crippen LogP contribution in [-0.4, -0.2) is 57.4 Å². The van der Waals surface area contributed by atoms with E-state index >= 15 is 0 Å². The van der Waals surface area contributed by atoms with Gasteiger partial charge in [0.05, 0.1) is 25.2 Å². The summed E-state index contributed by atoms with van der Waals surface area (Å²) in [6.07, 6.45) is 0. The number of carbonyl (C=O) groups excluding carboxylic acids is 1. The molecule has 0 aromatic heterocycles. The maximum Gasteiger partial charge on any atom is 0.176 e. The van der Waals surface area contributed by atoms with Crippen LogP contribution in [0.2, 0.25) is 0 Å². The van der Waals surface area contributed by atoms with E-state index in [1.54, 1.807) is 4.90 Å². The molecule has 1 aromatic carbocycles. The van der Waals surface area contributed by atoms with Crippen molar-refractivity contribution in [2.24, 2.45) is 0 Å². The number of benzene rings is 1. The summed E-state index contributed by atoms with van der Waals surface area (Å²) in [5.41, 5.74) is 0.261. The molecule has 0 unspecified atom stereocenters. The number of halogens is 1. The number of rotatable bonds is 4. The molecule has 1 aromatic rings. The van der Waals surface area contributed by atoms with E-state index < -0.39 is 15.7 Å². The van der Waals surface area contributed by atoms with Crippen LogP contribution in [0.25, 0.3) is 0 Å². The first-order chi connectivity index (χ1) is 9.41. The predicted octanol–water partition coefficient (Wildman–Crippen LogP) is 0.747. The number of ketones is 1.